The summed E-state index contributed by atoms with van der Waals surface area (Å²) >= 11 is 1.73. The normalized spacial score (nSPS) is 12.3. The minimum atomic E-state index is 0.0203. The zero-order valence-electron chi connectivity index (χ0n) is 13.0. The molecule has 1 heterocycles. The highest BCUT2D eigenvalue weighted by Gasteiger charge is 2.13. The fourth-order valence-electron chi connectivity index (χ4n) is 2.42. The van der Waals surface area contributed by atoms with Crippen LogP contribution in [0.5, 0.6) is 0 Å². The molecule has 2 rings (SSSR count). The Bertz CT molecular complexity index is 518. The van der Waals surface area contributed by atoms with Gasteiger partial charge in [-0.2, -0.15) is 0 Å². The van der Waals surface area contributed by atoms with Crippen molar-refractivity contribution in [3.63, 3.8) is 0 Å². The van der Waals surface area contributed by atoms with E-state index in [0.29, 0.717) is 0 Å². The van der Waals surface area contributed by atoms with Gasteiger partial charge in [-0.25, -0.2) is 4.98 Å². The molecule has 0 saturated carbocycles. The predicted molar refractivity (Wildman–Crippen MR) is 92.0 cm³/mol. The number of nitrogens with two attached hydrogens (primary N) is 1. The van der Waals surface area contributed by atoms with Crippen LogP contribution >= 0.6 is 11.3 Å². The molecule has 1 aromatic heterocycles. The van der Waals surface area contributed by atoms with Crippen LogP contribution in [0.25, 0.3) is 0 Å². The van der Waals surface area contributed by atoms with Crippen molar-refractivity contribution in [2.75, 3.05) is 18.0 Å². The van der Waals surface area contributed by atoms with E-state index in [1.54, 1.807) is 11.3 Å². The summed E-state index contributed by atoms with van der Waals surface area (Å²) in [5.74, 6) is 0. The minimum absolute atomic E-state index is 0.0203. The van der Waals surface area contributed by atoms with Crippen LogP contribution in [0.2, 0.25) is 0 Å². The molecule has 21 heavy (non-hydrogen) atoms. The summed E-state index contributed by atoms with van der Waals surface area (Å²) in [4.78, 5) is 7.15. The lowest BCUT2D eigenvalue weighted by atomic mass is 10.0. The number of thiazole rings is 1. The number of benzene rings is 1. The molecule has 0 fully saturated rings. The minimum Gasteiger partial charge on any atom is -0.348 e. The van der Waals surface area contributed by atoms with Crippen molar-refractivity contribution >= 4 is 16.5 Å². The van der Waals surface area contributed by atoms with E-state index in [2.05, 4.69) is 36.3 Å². The van der Waals surface area contributed by atoms with Crippen molar-refractivity contribution < 1.29 is 0 Å². The molecule has 0 radical (unpaired) electrons. The molecular formula is C17H25N3S. The van der Waals surface area contributed by atoms with Crippen molar-refractivity contribution in [2.45, 2.75) is 39.2 Å². The average Bonchev–Trinajstić information content (AvgIpc) is 2.96. The van der Waals surface area contributed by atoms with Crippen LogP contribution < -0.4 is 10.6 Å². The molecule has 2 aromatic rings. The van der Waals surface area contributed by atoms with Crippen LogP contribution in [0.1, 0.15) is 44.0 Å². The summed E-state index contributed by atoms with van der Waals surface area (Å²) in [6.07, 6.45) is 3.10. The Hall–Kier alpha value is -1.39. The summed E-state index contributed by atoms with van der Waals surface area (Å²) in [6.45, 7) is 6.57. The molecule has 0 amide bonds. The number of rotatable bonds is 8. The fraction of sp³-hybridized carbons (Fsp3) is 0.471. The van der Waals surface area contributed by atoms with Gasteiger partial charge in [-0.15, -0.1) is 11.3 Å². The second-order valence-electron chi connectivity index (χ2n) is 5.33. The highest BCUT2D eigenvalue weighted by atomic mass is 32.1. The van der Waals surface area contributed by atoms with Crippen LogP contribution in [0.15, 0.2) is 35.7 Å². The number of anilines is 1. The third kappa shape index (κ3) is 4.55. The van der Waals surface area contributed by atoms with Gasteiger partial charge in [0.2, 0.25) is 0 Å². The lowest BCUT2D eigenvalue weighted by molar-refractivity contribution is 0.703. The highest BCUT2D eigenvalue weighted by Crippen LogP contribution is 2.24. The van der Waals surface area contributed by atoms with Crippen molar-refractivity contribution in [2.24, 2.45) is 5.73 Å². The summed E-state index contributed by atoms with van der Waals surface area (Å²) in [5, 5.41) is 3.28. The molecule has 0 aliphatic heterocycles. The Morgan fingerprint density at radius 3 is 2.43 bits per heavy atom. The molecule has 0 aliphatic rings. The monoisotopic (exact) mass is 303 g/mol. The molecule has 0 aliphatic carbocycles. The van der Waals surface area contributed by atoms with E-state index in [0.717, 1.165) is 43.2 Å². The fourth-order valence-corrected chi connectivity index (χ4v) is 3.31. The standard InChI is InChI=1S/C17H25N3S/c1-3-10-20(11-4-2)17-19-15(13-21-17)12-16(18)14-8-6-5-7-9-14/h5-9,13,16H,3-4,10-12,18H2,1-2H3. The van der Waals surface area contributed by atoms with Crippen molar-refractivity contribution in [3.05, 3.63) is 47.0 Å². The summed E-state index contributed by atoms with van der Waals surface area (Å²) in [7, 11) is 0. The maximum Gasteiger partial charge on any atom is 0.185 e. The van der Waals surface area contributed by atoms with Gasteiger partial charge < -0.3 is 10.6 Å². The number of hydrogen-bond acceptors (Lipinski definition) is 4. The summed E-state index contributed by atoms with van der Waals surface area (Å²) in [6, 6.07) is 10.3. The zero-order chi connectivity index (χ0) is 15.1. The second kappa shape index (κ2) is 8.15. The summed E-state index contributed by atoms with van der Waals surface area (Å²) in [5.41, 5.74) is 8.55. The van der Waals surface area contributed by atoms with Gasteiger partial charge in [-0.05, 0) is 18.4 Å². The molecule has 1 atom stereocenters. The van der Waals surface area contributed by atoms with E-state index < -0.39 is 0 Å². The maximum absolute atomic E-state index is 6.28. The molecule has 1 aromatic carbocycles. The molecule has 0 spiro atoms. The Kier molecular flexibility index (Phi) is 6.21. The molecule has 0 saturated heterocycles. The SMILES string of the molecule is CCCN(CCC)c1nc(CC(N)c2ccccc2)cs1. The van der Waals surface area contributed by atoms with Crippen LogP contribution in [-0.4, -0.2) is 18.1 Å². The van der Waals surface area contributed by atoms with Gasteiger partial charge in [-0.1, -0.05) is 44.2 Å². The molecule has 2 N–H and O–H groups in total. The predicted octanol–water partition coefficient (Wildman–Crippen LogP) is 4.01. The van der Waals surface area contributed by atoms with E-state index in [9.17, 15) is 0 Å². The van der Waals surface area contributed by atoms with Gasteiger partial charge in [0.05, 0.1) is 5.69 Å². The molecule has 4 heteroatoms. The first-order valence-electron chi connectivity index (χ1n) is 7.74. The van der Waals surface area contributed by atoms with Crippen molar-refractivity contribution in [1.82, 2.24) is 4.98 Å². The van der Waals surface area contributed by atoms with Crippen molar-refractivity contribution in [1.29, 1.82) is 0 Å². The Morgan fingerprint density at radius 1 is 1.14 bits per heavy atom. The first kappa shape index (κ1) is 16.0. The van der Waals surface area contributed by atoms with Crippen molar-refractivity contribution in [3.8, 4) is 0 Å². The second-order valence-corrected chi connectivity index (χ2v) is 6.17. The average molecular weight is 303 g/mol. The van der Waals surface area contributed by atoms with E-state index in [1.165, 1.54) is 5.56 Å². The Balaban J connectivity index is 2.02. The molecule has 114 valence electrons. The zero-order valence-corrected chi connectivity index (χ0v) is 13.8. The van der Waals surface area contributed by atoms with E-state index in [-0.39, 0.29) is 6.04 Å². The number of aromatic nitrogens is 1. The maximum atomic E-state index is 6.28. The Morgan fingerprint density at radius 2 is 1.81 bits per heavy atom. The van der Waals surface area contributed by atoms with Gasteiger partial charge in [0, 0.05) is 30.9 Å². The van der Waals surface area contributed by atoms with E-state index in [4.69, 9.17) is 10.7 Å². The quantitative estimate of drug-likeness (QED) is 0.801. The van der Waals surface area contributed by atoms with Gasteiger partial charge >= 0.3 is 0 Å². The first-order chi connectivity index (χ1) is 10.2. The van der Waals surface area contributed by atoms with Crippen LogP contribution in [0.4, 0.5) is 5.13 Å². The largest absolute Gasteiger partial charge is 0.348 e. The lowest BCUT2D eigenvalue weighted by Gasteiger charge is -2.20. The van der Waals surface area contributed by atoms with Crippen LogP contribution in [0, 0.1) is 0 Å². The first-order valence-corrected chi connectivity index (χ1v) is 8.62. The molecule has 1 unspecified atom stereocenters. The number of hydrogen-bond donors (Lipinski definition) is 1. The van der Waals surface area contributed by atoms with Gasteiger partial charge in [-0.3, -0.25) is 0 Å². The van der Waals surface area contributed by atoms with E-state index in [1.807, 2.05) is 18.2 Å². The molecule has 3 nitrogen and oxygen atoms in total. The van der Waals surface area contributed by atoms with E-state index >= 15 is 0 Å². The topological polar surface area (TPSA) is 42.2 Å². The third-order valence-electron chi connectivity index (χ3n) is 3.45. The molecule has 0 bridgehead atoms. The lowest BCUT2D eigenvalue weighted by Crippen LogP contribution is -2.24. The van der Waals surface area contributed by atoms with Crippen LogP contribution in [-0.2, 0) is 6.42 Å². The van der Waals surface area contributed by atoms with Crippen LogP contribution in [0.3, 0.4) is 0 Å². The van der Waals surface area contributed by atoms with Gasteiger partial charge in [0.15, 0.2) is 5.13 Å². The summed E-state index contributed by atoms with van der Waals surface area (Å²) < 4.78 is 0. The number of nitrogens with zero attached hydrogens (tertiary/aromatic N) is 2. The Labute approximate surface area is 131 Å². The van der Waals surface area contributed by atoms with Gasteiger partial charge in [0.25, 0.3) is 0 Å². The van der Waals surface area contributed by atoms with Gasteiger partial charge in [0.1, 0.15) is 0 Å². The highest BCUT2D eigenvalue weighted by molar-refractivity contribution is 7.13. The smallest absolute Gasteiger partial charge is 0.185 e. The third-order valence-corrected chi connectivity index (χ3v) is 4.40. The molecular weight excluding hydrogens is 278 g/mol.